The van der Waals surface area contributed by atoms with Gasteiger partial charge in [0.1, 0.15) is 23.7 Å². The van der Waals surface area contributed by atoms with E-state index >= 15 is 0 Å². The maximum absolute atomic E-state index is 13.7. The lowest BCUT2D eigenvalue weighted by Crippen LogP contribution is -2.53. The zero-order chi connectivity index (χ0) is 36.4. The van der Waals surface area contributed by atoms with E-state index in [2.05, 4.69) is 32.7 Å². The number of fused-ring (bicyclic) bond motifs is 2. The second-order valence-corrected chi connectivity index (χ2v) is 14.2. The first-order valence-corrected chi connectivity index (χ1v) is 17.8. The predicted molar refractivity (Wildman–Crippen MR) is 192 cm³/mol. The van der Waals surface area contributed by atoms with Gasteiger partial charge in [-0.25, -0.2) is 19.6 Å². The molecule has 2 aliphatic heterocycles. The quantitative estimate of drug-likeness (QED) is 0.175. The van der Waals surface area contributed by atoms with Gasteiger partial charge in [0.05, 0.1) is 48.4 Å². The smallest absolute Gasteiger partial charge is 0.407 e. The third kappa shape index (κ3) is 7.35. The van der Waals surface area contributed by atoms with Gasteiger partial charge in [0.2, 0.25) is 11.8 Å². The van der Waals surface area contributed by atoms with Gasteiger partial charge in [-0.3, -0.25) is 9.59 Å². The van der Waals surface area contributed by atoms with Crippen molar-refractivity contribution in [2.45, 2.75) is 84.0 Å². The molecule has 4 atom stereocenters. The van der Waals surface area contributed by atoms with Crippen LogP contribution in [0.1, 0.15) is 83.5 Å². The second-order valence-electron chi connectivity index (χ2n) is 14.2. The van der Waals surface area contributed by atoms with Gasteiger partial charge in [-0.15, -0.1) is 0 Å². The summed E-state index contributed by atoms with van der Waals surface area (Å²) < 4.78 is 9.55. The van der Waals surface area contributed by atoms with Crippen molar-refractivity contribution in [1.29, 1.82) is 0 Å². The van der Waals surface area contributed by atoms with Crippen molar-refractivity contribution in [1.82, 2.24) is 40.4 Å². The molecule has 4 amide bonds. The van der Waals surface area contributed by atoms with Crippen molar-refractivity contribution in [3.05, 3.63) is 48.0 Å². The zero-order valence-corrected chi connectivity index (χ0v) is 30.1. The average molecular weight is 701 g/mol. The molecule has 0 bridgehead atoms. The van der Waals surface area contributed by atoms with Crippen molar-refractivity contribution in [3.8, 4) is 11.1 Å². The number of amides is 4. The summed E-state index contributed by atoms with van der Waals surface area (Å²) in [4.78, 5) is 71.8. The molecule has 2 fully saturated rings. The van der Waals surface area contributed by atoms with E-state index < -0.39 is 24.3 Å². The first kappa shape index (κ1) is 35.7. The largest absolute Gasteiger partial charge is 0.453 e. The first-order chi connectivity index (χ1) is 24.5. The molecule has 4 N–H and O–H groups in total. The van der Waals surface area contributed by atoms with Gasteiger partial charge in [-0.1, -0.05) is 39.8 Å². The Hall–Kier alpha value is -5.14. The van der Waals surface area contributed by atoms with Gasteiger partial charge in [0, 0.05) is 13.1 Å². The number of likely N-dealkylation sites (tertiary alicyclic amines) is 2. The minimum Gasteiger partial charge on any atom is -0.453 e. The van der Waals surface area contributed by atoms with Gasteiger partial charge in [0.25, 0.3) is 0 Å². The average Bonchev–Trinajstić information content (AvgIpc) is 3.89. The Balaban J connectivity index is 1.23. The molecule has 0 saturated carbocycles. The Morgan fingerprint density at radius 1 is 0.686 bits per heavy atom. The third-order valence-electron chi connectivity index (χ3n) is 10.1. The van der Waals surface area contributed by atoms with E-state index in [0.29, 0.717) is 13.1 Å². The summed E-state index contributed by atoms with van der Waals surface area (Å²) in [7, 11) is 2.58. The van der Waals surface area contributed by atoms with Crippen LogP contribution >= 0.6 is 0 Å². The first-order valence-electron chi connectivity index (χ1n) is 17.8. The molecule has 6 rings (SSSR count). The number of piperidine rings is 1. The van der Waals surface area contributed by atoms with Crippen molar-refractivity contribution >= 4 is 46.1 Å². The molecule has 0 spiro atoms. The minimum absolute atomic E-state index is 0.115. The maximum Gasteiger partial charge on any atom is 0.407 e. The Morgan fingerprint density at radius 2 is 1.12 bits per heavy atom. The number of nitrogens with one attached hydrogen (secondary N) is 4. The van der Waals surface area contributed by atoms with E-state index in [0.717, 1.165) is 76.9 Å². The van der Waals surface area contributed by atoms with Gasteiger partial charge in [-0.2, -0.15) is 0 Å². The number of benzene rings is 2. The molecule has 0 unspecified atom stereocenters. The summed E-state index contributed by atoms with van der Waals surface area (Å²) in [6.07, 6.45) is 2.96. The van der Waals surface area contributed by atoms with Crippen LogP contribution in [0.4, 0.5) is 9.59 Å². The summed E-state index contributed by atoms with van der Waals surface area (Å²) in [5.74, 6) is 0.918. The number of hydrogen-bond donors (Lipinski definition) is 4. The van der Waals surface area contributed by atoms with E-state index in [9.17, 15) is 19.2 Å². The van der Waals surface area contributed by atoms with Crippen LogP contribution in [-0.2, 0) is 19.1 Å². The Kier molecular flexibility index (Phi) is 10.5. The Labute approximate surface area is 297 Å². The summed E-state index contributed by atoms with van der Waals surface area (Å²) in [6.45, 7) is 8.77. The van der Waals surface area contributed by atoms with E-state index in [1.165, 1.54) is 14.2 Å². The van der Waals surface area contributed by atoms with Gasteiger partial charge in [-0.05, 0) is 79.3 Å². The van der Waals surface area contributed by atoms with E-state index in [-0.39, 0.29) is 35.7 Å². The van der Waals surface area contributed by atoms with Gasteiger partial charge in [0.15, 0.2) is 0 Å². The molecule has 14 heteroatoms. The normalized spacial score (nSPS) is 19.1. The summed E-state index contributed by atoms with van der Waals surface area (Å²) in [5.41, 5.74) is 5.30. The fourth-order valence-corrected chi connectivity index (χ4v) is 7.28. The molecule has 2 aromatic carbocycles. The SMILES string of the molecule is COC(=O)N[C@H](C(=O)N1CCCC[C@H]1c1nc2ccc(-c3ccc4nc([C@@H]5CCCN5C(=O)[C@@H](NC(=O)OC)C(C)C)[nH]c4c3)cc2[nH]1)C(C)C. The van der Waals surface area contributed by atoms with Crippen LogP contribution in [0.25, 0.3) is 33.2 Å². The van der Waals surface area contributed by atoms with Crippen molar-refractivity contribution in [2.75, 3.05) is 27.3 Å². The van der Waals surface area contributed by atoms with Crippen molar-refractivity contribution in [2.24, 2.45) is 11.8 Å². The zero-order valence-electron chi connectivity index (χ0n) is 30.1. The number of ether oxygens (including phenoxy) is 2. The highest BCUT2D eigenvalue weighted by molar-refractivity contribution is 5.89. The standard InChI is InChI=1S/C37H48N8O6/c1-20(2)30(42-36(48)50-5)34(46)44-16-8-7-10-28(44)32-38-24-14-12-22(18-26(24)40-32)23-13-15-25-27(19-23)41-33(39-25)29-11-9-17-45(29)35(47)31(21(3)4)43-37(49)51-6/h12-15,18-21,28-31H,7-11,16-17H2,1-6H3,(H,38,40)(H,39,41)(H,42,48)(H,43,49)/t28-,29-,30-,31-/m0/s1. The molecular formula is C37H48N8O6. The van der Waals surface area contributed by atoms with Crippen molar-refractivity contribution < 1.29 is 28.7 Å². The number of imidazole rings is 2. The van der Waals surface area contributed by atoms with Crippen LogP contribution in [0.2, 0.25) is 0 Å². The minimum atomic E-state index is -0.704. The fraction of sp³-hybridized carbons (Fsp3) is 0.514. The molecule has 2 aliphatic rings. The number of rotatable bonds is 9. The molecule has 51 heavy (non-hydrogen) atoms. The van der Waals surface area contributed by atoms with Crippen LogP contribution in [0, 0.1) is 11.8 Å². The highest BCUT2D eigenvalue weighted by Gasteiger charge is 2.38. The monoisotopic (exact) mass is 700 g/mol. The predicted octanol–water partition coefficient (Wildman–Crippen LogP) is 5.58. The number of aromatic amines is 2. The van der Waals surface area contributed by atoms with Crippen LogP contribution in [-0.4, -0.2) is 93.1 Å². The lowest BCUT2D eigenvalue weighted by molar-refractivity contribution is -0.138. The summed E-state index contributed by atoms with van der Waals surface area (Å²) in [5, 5.41) is 5.41. The highest BCUT2D eigenvalue weighted by Crippen LogP contribution is 2.35. The van der Waals surface area contributed by atoms with E-state index in [4.69, 9.17) is 19.4 Å². The third-order valence-corrected chi connectivity index (χ3v) is 10.1. The number of alkyl carbamates (subject to hydrolysis) is 2. The van der Waals surface area contributed by atoms with E-state index in [1.807, 2.05) is 61.8 Å². The fourth-order valence-electron chi connectivity index (χ4n) is 7.28. The molecule has 272 valence electrons. The molecule has 4 heterocycles. The maximum atomic E-state index is 13.7. The number of H-pyrrole nitrogens is 2. The molecule has 4 aromatic rings. The Bertz CT molecular complexity index is 1920. The Morgan fingerprint density at radius 3 is 1.55 bits per heavy atom. The summed E-state index contributed by atoms with van der Waals surface area (Å²) >= 11 is 0. The van der Waals surface area contributed by atoms with Crippen LogP contribution < -0.4 is 10.6 Å². The molecule has 2 aromatic heterocycles. The van der Waals surface area contributed by atoms with Crippen molar-refractivity contribution in [3.63, 3.8) is 0 Å². The molecule has 0 aliphatic carbocycles. The topological polar surface area (TPSA) is 175 Å². The lowest BCUT2D eigenvalue weighted by Gasteiger charge is -2.37. The number of nitrogens with zero attached hydrogens (tertiary/aromatic N) is 4. The number of hydrogen-bond acceptors (Lipinski definition) is 8. The van der Waals surface area contributed by atoms with Gasteiger partial charge < -0.3 is 39.9 Å². The number of methoxy groups -OCH3 is 2. The van der Waals surface area contributed by atoms with Crippen LogP contribution in [0.15, 0.2) is 36.4 Å². The summed E-state index contributed by atoms with van der Waals surface area (Å²) in [6, 6.07) is 10.3. The highest BCUT2D eigenvalue weighted by atomic mass is 16.5. The second kappa shape index (κ2) is 15.0. The molecule has 0 radical (unpaired) electrons. The molecular weight excluding hydrogens is 652 g/mol. The number of aromatic nitrogens is 4. The van der Waals surface area contributed by atoms with Gasteiger partial charge >= 0.3 is 12.2 Å². The number of carbonyl (C=O) groups is 4. The molecule has 2 saturated heterocycles. The van der Waals surface area contributed by atoms with E-state index in [1.54, 1.807) is 0 Å². The number of carbonyl (C=O) groups excluding carboxylic acids is 4. The lowest BCUT2D eigenvalue weighted by atomic mass is 9.97. The molecule has 14 nitrogen and oxygen atoms in total. The van der Waals surface area contributed by atoms with Crippen LogP contribution in [0.5, 0.6) is 0 Å². The van der Waals surface area contributed by atoms with Crippen LogP contribution in [0.3, 0.4) is 0 Å².